The van der Waals surface area contributed by atoms with E-state index >= 15 is 0 Å². The lowest BCUT2D eigenvalue weighted by atomic mass is 10.0. The van der Waals surface area contributed by atoms with Crippen LogP contribution in [0.15, 0.2) is 41.0 Å². The van der Waals surface area contributed by atoms with E-state index < -0.39 is 0 Å². The van der Waals surface area contributed by atoms with E-state index in [9.17, 15) is 4.79 Å². The van der Waals surface area contributed by atoms with E-state index in [1.54, 1.807) is 12.4 Å². The summed E-state index contributed by atoms with van der Waals surface area (Å²) in [6.45, 7) is 0. The average Bonchev–Trinajstić information content (AvgIpc) is 2.49. The SMILES string of the molecule is COC(=O)C1=CN=Cc2ccccc2C1. The summed E-state index contributed by atoms with van der Waals surface area (Å²) in [4.78, 5) is 15.4. The maximum absolute atomic E-state index is 11.4. The molecule has 3 nitrogen and oxygen atoms in total. The minimum absolute atomic E-state index is 0.316. The van der Waals surface area contributed by atoms with Crippen molar-refractivity contribution in [2.24, 2.45) is 4.99 Å². The molecule has 0 fully saturated rings. The summed E-state index contributed by atoms with van der Waals surface area (Å²) in [5, 5.41) is 0. The highest BCUT2D eigenvalue weighted by Crippen LogP contribution is 2.16. The number of hydrogen-bond donors (Lipinski definition) is 0. The van der Waals surface area contributed by atoms with Crippen LogP contribution in [0.1, 0.15) is 11.1 Å². The van der Waals surface area contributed by atoms with Gasteiger partial charge in [-0.1, -0.05) is 24.3 Å². The molecule has 15 heavy (non-hydrogen) atoms. The van der Waals surface area contributed by atoms with Crippen LogP contribution in [0.2, 0.25) is 0 Å². The Morgan fingerprint density at radius 3 is 3.00 bits per heavy atom. The largest absolute Gasteiger partial charge is 0.466 e. The fraction of sp³-hybridized carbons (Fsp3) is 0.167. The molecule has 0 bridgehead atoms. The van der Waals surface area contributed by atoms with Gasteiger partial charge in [0.05, 0.1) is 12.7 Å². The second kappa shape index (κ2) is 4.09. The predicted molar refractivity (Wildman–Crippen MR) is 57.8 cm³/mol. The first-order valence-electron chi connectivity index (χ1n) is 4.69. The van der Waals surface area contributed by atoms with Crippen LogP contribution < -0.4 is 0 Å². The molecule has 0 saturated heterocycles. The second-order valence-electron chi connectivity index (χ2n) is 3.30. The van der Waals surface area contributed by atoms with E-state index in [4.69, 9.17) is 0 Å². The van der Waals surface area contributed by atoms with Gasteiger partial charge in [0, 0.05) is 18.8 Å². The lowest BCUT2D eigenvalue weighted by Crippen LogP contribution is -2.07. The van der Waals surface area contributed by atoms with Gasteiger partial charge in [0.25, 0.3) is 0 Å². The van der Waals surface area contributed by atoms with Crippen molar-refractivity contribution in [2.45, 2.75) is 6.42 Å². The third-order valence-corrected chi connectivity index (χ3v) is 2.33. The summed E-state index contributed by atoms with van der Waals surface area (Å²) in [6.07, 6.45) is 3.89. The van der Waals surface area contributed by atoms with Crippen LogP contribution in [-0.4, -0.2) is 19.3 Å². The number of nitrogens with zero attached hydrogens (tertiary/aromatic N) is 1. The Labute approximate surface area is 88.1 Å². The highest BCUT2D eigenvalue weighted by Gasteiger charge is 2.13. The van der Waals surface area contributed by atoms with E-state index in [1.807, 2.05) is 24.3 Å². The summed E-state index contributed by atoms with van der Waals surface area (Å²) < 4.78 is 4.68. The van der Waals surface area contributed by atoms with Gasteiger partial charge in [0.1, 0.15) is 0 Å². The van der Waals surface area contributed by atoms with Gasteiger partial charge in [-0.2, -0.15) is 0 Å². The van der Waals surface area contributed by atoms with Gasteiger partial charge in [-0.15, -0.1) is 0 Å². The molecule has 0 N–H and O–H groups in total. The lowest BCUT2D eigenvalue weighted by molar-refractivity contribution is -0.136. The quantitative estimate of drug-likeness (QED) is 0.649. The molecule has 0 saturated carbocycles. The summed E-state index contributed by atoms with van der Waals surface area (Å²) in [7, 11) is 1.38. The van der Waals surface area contributed by atoms with Gasteiger partial charge in [-0.05, 0) is 11.1 Å². The van der Waals surface area contributed by atoms with Crippen LogP contribution in [0.4, 0.5) is 0 Å². The van der Waals surface area contributed by atoms with Gasteiger partial charge < -0.3 is 4.74 Å². The number of carbonyl (C=O) groups is 1. The number of rotatable bonds is 1. The molecule has 0 radical (unpaired) electrons. The summed E-state index contributed by atoms with van der Waals surface area (Å²) in [6, 6.07) is 7.87. The molecule has 3 heteroatoms. The van der Waals surface area contributed by atoms with Gasteiger partial charge in [-0.3, -0.25) is 4.99 Å². The van der Waals surface area contributed by atoms with Crippen LogP contribution >= 0.6 is 0 Å². The Kier molecular flexibility index (Phi) is 2.63. The topological polar surface area (TPSA) is 38.7 Å². The van der Waals surface area contributed by atoms with E-state index in [0.717, 1.165) is 11.1 Å². The maximum Gasteiger partial charge on any atom is 0.335 e. The number of esters is 1. The zero-order chi connectivity index (χ0) is 10.7. The molecule has 0 amide bonds. The molecule has 1 aliphatic rings. The molecular weight excluding hydrogens is 190 g/mol. The molecule has 0 unspecified atom stereocenters. The third-order valence-electron chi connectivity index (χ3n) is 2.33. The molecule has 0 spiro atoms. The Morgan fingerprint density at radius 1 is 1.40 bits per heavy atom. The summed E-state index contributed by atoms with van der Waals surface area (Å²) in [5.41, 5.74) is 2.72. The van der Waals surface area contributed by atoms with Crippen LogP contribution in [0, 0.1) is 0 Å². The van der Waals surface area contributed by atoms with Gasteiger partial charge in [0.2, 0.25) is 0 Å². The molecule has 1 aromatic rings. The number of ether oxygens (including phenoxy) is 1. The van der Waals surface area contributed by atoms with Crippen LogP contribution in [0.25, 0.3) is 0 Å². The van der Waals surface area contributed by atoms with Crippen molar-refractivity contribution in [3.05, 3.63) is 47.2 Å². The highest BCUT2D eigenvalue weighted by atomic mass is 16.5. The Morgan fingerprint density at radius 2 is 2.20 bits per heavy atom. The van der Waals surface area contributed by atoms with Gasteiger partial charge >= 0.3 is 5.97 Å². The van der Waals surface area contributed by atoms with Gasteiger partial charge in [0.15, 0.2) is 0 Å². The third kappa shape index (κ3) is 1.96. The molecule has 0 atom stereocenters. The van der Waals surface area contributed by atoms with Crippen molar-refractivity contribution in [3.8, 4) is 0 Å². The van der Waals surface area contributed by atoms with Crippen LogP contribution in [0.3, 0.4) is 0 Å². The summed E-state index contributed by atoms with van der Waals surface area (Å²) >= 11 is 0. The number of fused-ring (bicyclic) bond motifs is 1. The van der Waals surface area contributed by atoms with Crippen LogP contribution in [-0.2, 0) is 16.0 Å². The fourth-order valence-electron chi connectivity index (χ4n) is 1.54. The molecule has 2 rings (SSSR count). The number of hydrogen-bond acceptors (Lipinski definition) is 3. The normalized spacial score (nSPS) is 13.8. The Balaban J connectivity index is 2.35. The van der Waals surface area contributed by atoms with E-state index in [-0.39, 0.29) is 5.97 Å². The van der Waals surface area contributed by atoms with Crippen LogP contribution in [0.5, 0.6) is 0 Å². The van der Waals surface area contributed by atoms with Crippen molar-refractivity contribution in [1.29, 1.82) is 0 Å². The van der Waals surface area contributed by atoms with Crippen molar-refractivity contribution in [3.63, 3.8) is 0 Å². The summed E-state index contributed by atoms with van der Waals surface area (Å²) in [5.74, 6) is -0.316. The molecule has 1 aliphatic heterocycles. The zero-order valence-electron chi connectivity index (χ0n) is 8.43. The zero-order valence-corrected chi connectivity index (χ0v) is 8.43. The number of carbonyl (C=O) groups excluding carboxylic acids is 1. The lowest BCUT2D eigenvalue weighted by Gasteiger charge is -2.04. The van der Waals surface area contributed by atoms with E-state index in [0.29, 0.717) is 12.0 Å². The maximum atomic E-state index is 11.4. The number of benzene rings is 1. The first-order chi connectivity index (χ1) is 7.31. The highest BCUT2D eigenvalue weighted by molar-refractivity contribution is 5.92. The average molecular weight is 201 g/mol. The van der Waals surface area contributed by atoms with E-state index in [2.05, 4.69) is 9.73 Å². The van der Waals surface area contributed by atoms with Crippen molar-refractivity contribution in [2.75, 3.05) is 7.11 Å². The Bertz CT molecular complexity index is 447. The standard InChI is InChI=1S/C12H11NO2/c1-15-12(14)11-6-9-4-2-3-5-10(9)7-13-8-11/h2-5,7-8H,6H2,1H3. The molecule has 0 aliphatic carbocycles. The molecule has 76 valence electrons. The number of aliphatic imine (C=N–C) groups is 1. The Hall–Kier alpha value is -1.90. The number of methoxy groups -OCH3 is 1. The minimum Gasteiger partial charge on any atom is -0.466 e. The first kappa shape index (κ1) is 9.65. The predicted octanol–water partition coefficient (Wildman–Crippen LogP) is 1.72. The second-order valence-corrected chi connectivity index (χ2v) is 3.30. The molecular formula is C12H11NO2. The van der Waals surface area contributed by atoms with E-state index in [1.165, 1.54) is 7.11 Å². The molecule has 0 aromatic heterocycles. The minimum atomic E-state index is -0.316. The van der Waals surface area contributed by atoms with Crippen molar-refractivity contribution < 1.29 is 9.53 Å². The first-order valence-corrected chi connectivity index (χ1v) is 4.69. The van der Waals surface area contributed by atoms with Gasteiger partial charge in [-0.25, -0.2) is 4.79 Å². The molecule has 1 heterocycles. The van der Waals surface area contributed by atoms with Crippen molar-refractivity contribution >= 4 is 12.2 Å². The van der Waals surface area contributed by atoms with Crippen molar-refractivity contribution in [1.82, 2.24) is 0 Å². The molecule has 1 aromatic carbocycles. The monoisotopic (exact) mass is 201 g/mol. The smallest absolute Gasteiger partial charge is 0.335 e. The fourth-order valence-corrected chi connectivity index (χ4v) is 1.54.